The molecular weight excluding hydrogens is 294 g/mol. The van der Waals surface area contributed by atoms with Gasteiger partial charge in [-0.15, -0.1) is 0 Å². The maximum Gasteiger partial charge on any atom is 0.238 e. The third-order valence-electron chi connectivity index (χ3n) is 3.42. The summed E-state index contributed by atoms with van der Waals surface area (Å²) >= 11 is 1.98. The largest absolute Gasteiger partial charge is 0.399 e. The second-order valence-corrected chi connectivity index (χ2v) is 8.21. The molecule has 1 fully saturated rings. The van der Waals surface area contributed by atoms with Crippen LogP contribution in [-0.4, -0.2) is 25.5 Å². The van der Waals surface area contributed by atoms with Crippen LogP contribution in [0, 0.1) is 0 Å². The molecule has 0 spiro atoms. The number of nitrogens with two attached hydrogens (primary N) is 2. The average Bonchev–Trinajstić information content (AvgIpc) is 2.75. The van der Waals surface area contributed by atoms with Gasteiger partial charge in [-0.05, 0) is 43.2 Å². The Bertz CT molecular complexity index is 575. The van der Waals surface area contributed by atoms with Crippen LogP contribution in [0.4, 0.5) is 11.4 Å². The van der Waals surface area contributed by atoms with E-state index in [1.165, 1.54) is 12.5 Å². The lowest BCUT2D eigenvalue weighted by Crippen LogP contribution is -2.17. The number of benzene rings is 1. The molecule has 0 saturated heterocycles. The SMILES string of the molecule is CCSC1CCC(Nc2cc(N)cc(S(N)(=O)=O)c2)C1. The Morgan fingerprint density at radius 3 is 2.75 bits per heavy atom. The van der Waals surface area contributed by atoms with E-state index in [1.807, 2.05) is 11.8 Å². The van der Waals surface area contributed by atoms with Crippen LogP contribution in [0.2, 0.25) is 0 Å². The molecule has 1 aliphatic rings. The predicted molar refractivity (Wildman–Crippen MR) is 85.4 cm³/mol. The van der Waals surface area contributed by atoms with Gasteiger partial charge in [-0.1, -0.05) is 6.92 Å². The summed E-state index contributed by atoms with van der Waals surface area (Å²) < 4.78 is 22.8. The molecule has 0 bridgehead atoms. The van der Waals surface area contributed by atoms with E-state index in [1.54, 1.807) is 12.1 Å². The fourth-order valence-electron chi connectivity index (χ4n) is 2.56. The van der Waals surface area contributed by atoms with Crippen LogP contribution < -0.4 is 16.2 Å². The summed E-state index contributed by atoms with van der Waals surface area (Å²) in [5, 5.41) is 9.21. The van der Waals surface area contributed by atoms with E-state index in [0.29, 0.717) is 17.0 Å². The van der Waals surface area contributed by atoms with Crippen LogP contribution in [0.15, 0.2) is 23.1 Å². The molecule has 5 nitrogen and oxygen atoms in total. The number of hydrogen-bond acceptors (Lipinski definition) is 5. The highest BCUT2D eigenvalue weighted by Gasteiger charge is 2.24. The Labute approximate surface area is 124 Å². The second kappa shape index (κ2) is 6.24. The zero-order valence-electron chi connectivity index (χ0n) is 11.5. The Morgan fingerprint density at radius 1 is 1.35 bits per heavy atom. The lowest BCUT2D eigenvalue weighted by Gasteiger charge is -2.15. The van der Waals surface area contributed by atoms with Gasteiger partial charge in [0.1, 0.15) is 0 Å². The fraction of sp³-hybridized carbons (Fsp3) is 0.538. The van der Waals surface area contributed by atoms with Crippen molar-refractivity contribution in [1.29, 1.82) is 0 Å². The molecule has 112 valence electrons. The topological polar surface area (TPSA) is 98.2 Å². The van der Waals surface area contributed by atoms with Gasteiger partial charge in [0, 0.05) is 22.7 Å². The van der Waals surface area contributed by atoms with Crippen LogP contribution in [0.5, 0.6) is 0 Å². The number of sulfonamides is 1. The first-order valence-electron chi connectivity index (χ1n) is 6.70. The molecule has 1 aliphatic carbocycles. The maximum absolute atomic E-state index is 11.4. The molecule has 0 radical (unpaired) electrons. The highest BCUT2D eigenvalue weighted by Crippen LogP contribution is 2.32. The Kier molecular flexibility index (Phi) is 4.82. The molecule has 0 amide bonds. The third kappa shape index (κ3) is 4.04. The normalized spacial score (nSPS) is 22.9. The van der Waals surface area contributed by atoms with Crippen molar-refractivity contribution in [1.82, 2.24) is 0 Å². The van der Waals surface area contributed by atoms with Gasteiger partial charge in [0.05, 0.1) is 4.90 Å². The monoisotopic (exact) mass is 315 g/mol. The number of hydrogen-bond donors (Lipinski definition) is 3. The second-order valence-electron chi connectivity index (χ2n) is 5.07. The summed E-state index contributed by atoms with van der Waals surface area (Å²) in [6.45, 7) is 2.17. The number of nitrogens with one attached hydrogen (secondary N) is 1. The van der Waals surface area contributed by atoms with Gasteiger partial charge >= 0.3 is 0 Å². The summed E-state index contributed by atoms with van der Waals surface area (Å²) in [5.41, 5.74) is 6.86. The fourth-order valence-corrected chi connectivity index (χ4v) is 4.30. The predicted octanol–water partition coefficient (Wildman–Crippen LogP) is 2.00. The molecule has 20 heavy (non-hydrogen) atoms. The molecule has 1 aromatic rings. The van der Waals surface area contributed by atoms with E-state index in [0.717, 1.165) is 24.3 Å². The standard InChI is InChI=1S/C13H21N3O2S2/c1-2-19-12-4-3-10(7-12)16-11-5-9(14)6-13(8-11)20(15,17)18/h5-6,8,10,12,16H,2-4,7,14H2,1H3,(H2,15,17,18). The van der Waals surface area contributed by atoms with Crippen molar-refractivity contribution in [3.8, 4) is 0 Å². The number of anilines is 2. The molecule has 0 aliphatic heterocycles. The van der Waals surface area contributed by atoms with Crippen molar-refractivity contribution in [2.24, 2.45) is 5.14 Å². The van der Waals surface area contributed by atoms with Gasteiger partial charge in [-0.3, -0.25) is 0 Å². The van der Waals surface area contributed by atoms with Crippen molar-refractivity contribution in [2.75, 3.05) is 16.8 Å². The number of rotatable bonds is 5. The Hall–Kier alpha value is -0.920. The molecule has 2 unspecified atom stereocenters. The van der Waals surface area contributed by atoms with E-state index in [4.69, 9.17) is 10.9 Å². The van der Waals surface area contributed by atoms with Crippen molar-refractivity contribution in [3.05, 3.63) is 18.2 Å². The van der Waals surface area contributed by atoms with Gasteiger partial charge in [0.2, 0.25) is 10.0 Å². The van der Waals surface area contributed by atoms with Crippen molar-refractivity contribution in [3.63, 3.8) is 0 Å². The van der Waals surface area contributed by atoms with Crippen LogP contribution >= 0.6 is 11.8 Å². The summed E-state index contributed by atoms with van der Waals surface area (Å²) in [6, 6.07) is 5.04. The Balaban J connectivity index is 2.09. The minimum absolute atomic E-state index is 0.0532. The van der Waals surface area contributed by atoms with Crippen LogP contribution in [0.1, 0.15) is 26.2 Å². The molecule has 1 saturated carbocycles. The minimum Gasteiger partial charge on any atom is -0.399 e. The van der Waals surface area contributed by atoms with E-state index >= 15 is 0 Å². The molecule has 2 atom stereocenters. The highest BCUT2D eigenvalue weighted by molar-refractivity contribution is 7.99. The maximum atomic E-state index is 11.4. The van der Waals surface area contributed by atoms with Gasteiger partial charge < -0.3 is 11.1 Å². The Morgan fingerprint density at radius 2 is 2.10 bits per heavy atom. The minimum atomic E-state index is -3.72. The van der Waals surface area contributed by atoms with Gasteiger partial charge in [-0.2, -0.15) is 11.8 Å². The zero-order chi connectivity index (χ0) is 14.8. The number of primary sulfonamides is 1. The van der Waals surface area contributed by atoms with E-state index in [9.17, 15) is 8.42 Å². The molecule has 0 heterocycles. The van der Waals surface area contributed by atoms with Crippen molar-refractivity contribution in [2.45, 2.75) is 42.4 Å². The van der Waals surface area contributed by atoms with Gasteiger partial charge in [0.15, 0.2) is 0 Å². The zero-order valence-corrected chi connectivity index (χ0v) is 13.1. The molecule has 2 rings (SSSR count). The first kappa shape index (κ1) is 15.5. The average molecular weight is 315 g/mol. The van der Waals surface area contributed by atoms with E-state index in [2.05, 4.69) is 12.2 Å². The third-order valence-corrected chi connectivity index (χ3v) is 5.54. The van der Waals surface area contributed by atoms with Gasteiger partial charge in [-0.25, -0.2) is 13.6 Å². The number of nitrogen functional groups attached to an aromatic ring is 1. The molecule has 5 N–H and O–H groups in total. The highest BCUT2D eigenvalue weighted by atomic mass is 32.2. The first-order valence-corrected chi connectivity index (χ1v) is 9.29. The molecule has 0 aromatic heterocycles. The smallest absolute Gasteiger partial charge is 0.238 e. The van der Waals surface area contributed by atoms with E-state index < -0.39 is 10.0 Å². The van der Waals surface area contributed by atoms with Crippen LogP contribution in [-0.2, 0) is 10.0 Å². The number of thioether (sulfide) groups is 1. The van der Waals surface area contributed by atoms with Crippen molar-refractivity contribution >= 4 is 33.2 Å². The summed E-state index contributed by atoms with van der Waals surface area (Å²) in [5.74, 6) is 1.13. The van der Waals surface area contributed by atoms with Gasteiger partial charge in [0.25, 0.3) is 0 Å². The van der Waals surface area contributed by atoms with Crippen LogP contribution in [0.25, 0.3) is 0 Å². The lowest BCUT2D eigenvalue weighted by atomic mass is 10.2. The molecular formula is C13H21N3O2S2. The molecule has 1 aromatic carbocycles. The molecule has 7 heteroatoms. The van der Waals surface area contributed by atoms with Crippen molar-refractivity contribution < 1.29 is 8.42 Å². The summed E-state index contributed by atoms with van der Waals surface area (Å²) in [6.07, 6.45) is 3.38. The van der Waals surface area contributed by atoms with E-state index in [-0.39, 0.29) is 4.90 Å². The quantitative estimate of drug-likeness (QED) is 0.722. The lowest BCUT2D eigenvalue weighted by molar-refractivity contribution is 0.598. The first-order chi connectivity index (χ1) is 9.38. The van der Waals surface area contributed by atoms with Crippen LogP contribution in [0.3, 0.4) is 0 Å². The summed E-state index contributed by atoms with van der Waals surface area (Å²) in [4.78, 5) is 0.0532. The summed E-state index contributed by atoms with van der Waals surface area (Å²) in [7, 11) is -3.72.